The van der Waals surface area contributed by atoms with Crippen molar-refractivity contribution in [3.8, 4) is 5.75 Å². The normalized spacial score (nSPS) is 15.4. The van der Waals surface area contributed by atoms with Crippen molar-refractivity contribution < 1.29 is 14.3 Å². The van der Waals surface area contributed by atoms with Gasteiger partial charge in [-0.15, -0.1) is 0 Å². The first-order valence-corrected chi connectivity index (χ1v) is 9.26. The summed E-state index contributed by atoms with van der Waals surface area (Å²) in [5, 5.41) is 3.06. The lowest BCUT2D eigenvalue weighted by Crippen LogP contribution is -2.41. The Morgan fingerprint density at radius 2 is 1.81 bits per heavy atom. The van der Waals surface area contributed by atoms with Crippen LogP contribution >= 0.6 is 0 Å². The summed E-state index contributed by atoms with van der Waals surface area (Å²) >= 11 is 0. The SMILES string of the molecule is COc1ccccc1/C=C(/C(=O)NCCN1CCOCC1)c1ccccc1. The Bertz CT molecular complexity index is 768. The second-order valence-corrected chi connectivity index (χ2v) is 6.38. The van der Waals surface area contributed by atoms with Gasteiger partial charge in [0.2, 0.25) is 0 Å². The second-order valence-electron chi connectivity index (χ2n) is 6.38. The summed E-state index contributed by atoms with van der Waals surface area (Å²) in [7, 11) is 1.64. The number of hydrogen-bond donors (Lipinski definition) is 1. The van der Waals surface area contributed by atoms with Crippen molar-refractivity contribution in [2.24, 2.45) is 0 Å². The maximum absolute atomic E-state index is 12.9. The summed E-state index contributed by atoms with van der Waals surface area (Å²) in [5.74, 6) is 0.660. The zero-order valence-corrected chi connectivity index (χ0v) is 15.7. The maximum Gasteiger partial charge on any atom is 0.251 e. The fourth-order valence-electron chi connectivity index (χ4n) is 3.09. The van der Waals surface area contributed by atoms with Gasteiger partial charge in [0.05, 0.1) is 20.3 Å². The minimum Gasteiger partial charge on any atom is -0.496 e. The van der Waals surface area contributed by atoms with Crippen LogP contribution in [0.3, 0.4) is 0 Å². The number of amides is 1. The molecule has 0 atom stereocenters. The van der Waals surface area contributed by atoms with E-state index in [1.54, 1.807) is 7.11 Å². The number of methoxy groups -OCH3 is 1. The predicted octanol–water partition coefficient (Wildman–Crippen LogP) is 2.68. The molecule has 1 amide bonds. The van der Waals surface area contributed by atoms with Gasteiger partial charge in [0.25, 0.3) is 5.91 Å². The van der Waals surface area contributed by atoms with Gasteiger partial charge >= 0.3 is 0 Å². The number of carbonyl (C=O) groups is 1. The van der Waals surface area contributed by atoms with E-state index >= 15 is 0 Å². The molecule has 0 aromatic heterocycles. The van der Waals surface area contributed by atoms with Gasteiger partial charge in [0, 0.05) is 37.3 Å². The molecule has 142 valence electrons. The molecule has 3 rings (SSSR count). The van der Waals surface area contributed by atoms with Crippen LogP contribution in [0.1, 0.15) is 11.1 Å². The fourth-order valence-corrected chi connectivity index (χ4v) is 3.09. The van der Waals surface area contributed by atoms with Crippen molar-refractivity contribution in [1.29, 1.82) is 0 Å². The quantitative estimate of drug-likeness (QED) is 0.605. The average molecular weight is 366 g/mol. The number of benzene rings is 2. The van der Waals surface area contributed by atoms with Crippen LogP contribution in [0, 0.1) is 0 Å². The topological polar surface area (TPSA) is 50.8 Å². The monoisotopic (exact) mass is 366 g/mol. The van der Waals surface area contributed by atoms with E-state index in [0.717, 1.165) is 49.7 Å². The van der Waals surface area contributed by atoms with E-state index in [9.17, 15) is 4.79 Å². The number of hydrogen-bond acceptors (Lipinski definition) is 4. The summed E-state index contributed by atoms with van der Waals surface area (Å²) in [6, 6.07) is 17.4. The first kappa shape index (κ1) is 19.1. The highest BCUT2D eigenvalue weighted by Crippen LogP contribution is 2.24. The van der Waals surface area contributed by atoms with Gasteiger partial charge in [-0.3, -0.25) is 9.69 Å². The fraction of sp³-hybridized carbons (Fsp3) is 0.318. The van der Waals surface area contributed by atoms with Crippen LogP contribution < -0.4 is 10.1 Å². The Morgan fingerprint density at radius 3 is 2.56 bits per heavy atom. The summed E-state index contributed by atoms with van der Waals surface area (Å²) in [6.45, 7) is 4.78. The van der Waals surface area contributed by atoms with Gasteiger partial charge in [0.1, 0.15) is 5.75 Å². The molecule has 0 unspecified atom stereocenters. The zero-order chi connectivity index (χ0) is 18.9. The van der Waals surface area contributed by atoms with E-state index < -0.39 is 0 Å². The van der Waals surface area contributed by atoms with Gasteiger partial charge in [0.15, 0.2) is 0 Å². The number of nitrogens with zero attached hydrogens (tertiary/aromatic N) is 1. The van der Waals surface area contributed by atoms with E-state index in [1.807, 2.05) is 60.7 Å². The van der Waals surface area contributed by atoms with E-state index in [2.05, 4.69) is 10.2 Å². The van der Waals surface area contributed by atoms with E-state index in [4.69, 9.17) is 9.47 Å². The molecule has 1 heterocycles. The molecule has 1 N–H and O–H groups in total. The van der Waals surface area contributed by atoms with E-state index in [1.165, 1.54) is 0 Å². The molecular weight excluding hydrogens is 340 g/mol. The van der Waals surface area contributed by atoms with Crippen molar-refractivity contribution in [2.45, 2.75) is 0 Å². The highest BCUT2D eigenvalue weighted by molar-refractivity contribution is 6.24. The third-order valence-corrected chi connectivity index (χ3v) is 4.59. The van der Waals surface area contributed by atoms with Crippen molar-refractivity contribution in [3.05, 3.63) is 65.7 Å². The Morgan fingerprint density at radius 1 is 1.11 bits per heavy atom. The molecule has 0 bridgehead atoms. The number of carbonyl (C=O) groups excluding carboxylic acids is 1. The highest BCUT2D eigenvalue weighted by Gasteiger charge is 2.14. The Labute approximate surface area is 160 Å². The van der Waals surface area contributed by atoms with Gasteiger partial charge < -0.3 is 14.8 Å². The number of para-hydroxylation sites is 1. The first-order chi connectivity index (χ1) is 13.3. The highest BCUT2D eigenvalue weighted by atomic mass is 16.5. The van der Waals surface area contributed by atoms with Crippen LogP contribution in [0.2, 0.25) is 0 Å². The molecular formula is C22H26N2O3. The van der Waals surface area contributed by atoms with Crippen molar-refractivity contribution >= 4 is 17.6 Å². The summed E-state index contributed by atoms with van der Waals surface area (Å²) in [4.78, 5) is 15.2. The van der Waals surface area contributed by atoms with Crippen LogP contribution in [-0.2, 0) is 9.53 Å². The van der Waals surface area contributed by atoms with Crippen LogP contribution in [-0.4, -0.2) is 57.3 Å². The van der Waals surface area contributed by atoms with E-state index in [0.29, 0.717) is 12.1 Å². The molecule has 0 aliphatic carbocycles. The van der Waals surface area contributed by atoms with Crippen molar-refractivity contribution in [3.63, 3.8) is 0 Å². The largest absolute Gasteiger partial charge is 0.496 e. The molecule has 2 aromatic carbocycles. The molecule has 1 saturated heterocycles. The Hall–Kier alpha value is -2.63. The molecule has 5 nitrogen and oxygen atoms in total. The molecule has 0 saturated carbocycles. The van der Waals surface area contributed by atoms with Crippen LogP contribution in [0.15, 0.2) is 54.6 Å². The zero-order valence-electron chi connectivity index (χ0n) is 15.7. The van der Waals surface area contributed by atoms with Gasteiger partial charge in [-0.25, -0.2) is 0 Å². The second kappa shape index (κ2) is 9.90. The number of morpholine rings is 1. The van der Waals surface area contributed by atoms with Crippen molar-refractivity contribution in [2.75, 3.05) is 46.5 Å². The van der Waals surface area contributed by atoms with Crippen molar-refractivity contribution in [1.82, 2.24) is 10.2 Å². The lowest BCUT2D eigenvalue weighted by atomic mass is 10.0. The summed E-state index contributed by atoms with van der Waals surface area (Å²) in [5.41, 5.74) is 2.39. The van der Waals surface area contributed by atoms with Crippen LogP contribution in [0.5, 0.6) is 5.75 Å². The standard InChI is InChI=1S/C22H26N2O3/c1-26-21-10-6-5-9-19(21)17-20(18-7-3-2-4-8-18)22(25)23-11-12-24-13-15-27-16-14-24/h2-10,17H,11-16H2,1H3,(H,23,25)/b20-17+. The van der Waals surface area contributed by atoms with E-state index in [-0.39, 0.29) is 5.91 Å². The molecule has 1 aliphatic rings. The molecule has 1 fully saturated rings. The number of rotatable bonds is 7. The third-order valence-electron chi connectivity index (χ3n) is 4.59. The van der Waals surface area contributed by atoms with Crippen LogP contribution in [0.4, 0.5) is 0 Å². The lowest BCUT2D eigenvalue weighted by molar-refractivity contribution is -0.115. The Balaban J connectivity index is 1.75. The first-order valence-electron chi connectivity index (χ1n) is 9.26. The summed E-state index contributed by atoms with van der Waals surface area (Å²) in [6.07, 6.45) is 1.89. The minimum atomic E-state index is -0.0830. The Kier molecular flexibility index (Phi) is 7.02. The average Bonchev–Trinajstić information content (AvgIpc) is 2.73. The molecule has 5 heteroatoms. The number of ether oxygens (including phenoxy) is 2. The summed E-state index contributed by atoms with van der Waals surface area (Å²) < 4.78 is 10.8. The molecule has 0 radical (unpaired) electrons. The smallest absolute Gasteiger partial charge is 0.251 e. The number of nitrogens with one attached hydrogen (secondary N) is 1. The predicted molar refractivity (Wildman–Crippen MR) is 108 cm³/mol. The van der Waals surface area contributed by atoms with Gasteiger partial charge in [-0.05, 0) is 17.7 Å². The maximum atomic E-state index is 12.9. The minimum absolute atomic E-state index is 0.0830. The van der Waals surface area contributed by atoms with Gasteiger partial charge in [-0.2, -0.15) is 0 Å². The molecule has 27 heavy (non-hydrogen) atoms. The van der Waals surface area contributed by atoms with Crippen LogP contribution in [0.25, 0.3) is 11.6 Å². The molecule has 0 spiro atoms. The van der Waals surface area contributed by atoms with Gasteiger partial charge in [-0.1, -0.05) is 48.5 Å². The third kappa shape index (κ3) is 5.42. The molecule has 1 aliphatic heterocycles. The molecule has 2 aromatic rings. The lowest BCUT2D eigenvalue weighted by Gasteiger charge is -2.26.